The van der Waals surface area contributed by atoms with Crippen molar-refractivity contribution >= 4 is 26.8 Å². The topological polar surface area (TPSA) is 95.5 Å². The summed E-state index contributed by atoms with van der Waals surface area (Å²) in [6, 6.07) is 3.26. The zero-order valence-corrected chi connectivity index (χ0v) is 12.7. The van der Waals surface area contributed by atoms with E-state index < -0.39 is 10.1 Å². The highest BCUT2D eigenvalue weighted by molar-refractivity contribution is 7.87. The molecule has 8 heteroatoms. The fourth-order valence-electron chi connectivity index (χ4n) is 2.27. The average Bonchev–Trinajstić information content (AvgIpc) is 2.45. The van der Waals surface area contributed by atoms with E-state index in [-0.39, 0.29) is 41.7 Å². The Kier molecular flexibility index (Phi) is 3.69. The Morgan fingerprint density at radius 3 is 3.00 bits per heavy atom. The van der Waals surface area contributed by atoms with E-state index in [1.165, 1.54) is 0 Å². The monoisotopic (exact) mass is 322 g/mol. The largest absolute Gasteiger partial charge is 0.476 e. The average molecular weight is 322 g/mol. The molecule has 0 saturated carbocycles. The third kappa shape index (κ3) is 2.74. The minimum atomic E-state index is -3.75. The van der Waals surface area contributed by atoms with E-state index in [9.17, 15) is 13.2 Å². The van der Waals surface area contributed by atoms with Crippen molar-refractivity contribution < 1.29 is 22.1 Å². The molecule has 7 nitrogen and oxygen atoms in total. The second-order valence-corrected chi connectivity index (χ2v) is 6.52. The van der Waals surface area contributed by atoms with Crippen LogP contribution in [0.25, 0.3) is 10.9 Å². The molecule has 0 fully saturated rings. The number of rotatable bonds is 2. The van der Waals surface area contributed by atoms with Crippen LogP contribution in [0, 0.1) is 0 Å². The van der Waals surface area contributed by atoms with Gasteiger partial charge in [-0.1, -0.05) is 0 Å². The predicted molar refractivity (Wildman–Crippen MR) is 78.7 cm³/mol. The summed E-state index contributed by atoms with van der Waals surface area (Å²) < 4.78 is 34.0. The molecule has 116 valence electrons. The van der Waals surface area contributed by atoms with Crippen LogP contribution in [0.2, 0.25) is 0 Å². The third-order valence-corrected chi connectivity index (χ3v) is 4.45. The third-order valence-electron chi connectivity index (χ3n) is 3.25. The number of Topliss-reactive ketones (excluding diaryl/α,β-unsaturated/α-hetero) is 1. The molecule has 0 saturated heterocycles. The van der Waals surface area contributed by atoms with Crippen LogP contribution in [0.1, 0.15) is 30.1 Å². The van der Waals surface area contributed by atoms with Gasteiger partial charge in [-0.2, -0.15) is 8.42 Å². The minimum Gasteiger partial charge on any atom is -0.476 e. The van der Waals surface area contributed by atoms with E-state index in [0.29, 0.717) is 17.5 Å². The Hall–Kier alpha value is -2.22. The second kappa shape index (κ2) is 5.53. The van der Waals surface area contributed by atoms with Crippen LogP contribution in [0.3, 0.4) is 0 Å². The van der Waals surface area contributed by atoms with Crippen LogP contribution in [0.5, 0.6) is 11.8 Å². The van der Waals surface area contributed by atoms with E-state index in [1.807, 2.05) is 0 Å². The Bertz CT molecular complexity index is 848. The number of ether oxygens (including phenoxy) is 1. The molecule has 2 aromatic rings. The summed E-state index contributed by atoms with van der Waals surface area (Å²) >= 11 is 0. The predicted octanol–water partition coefficient (Wildman–Crippen LogP) is 1.71. The highest BCUT2D eigenvalue weighted by Crippen LogP contribution is 2.30. The summed E-state index contributed by atoms with van der Waals surface area (Å²) in [6.45, 7) is 2.20. The van der Waals surface area contributed by atoms with Crippen LogP contribution in [0.4, 0.5) is 0 Å². The van der Waals surface area contributed by atoms with E-state index in [4.69, 9.17) is 8.92 Å². The van der Waals surface area contributed by atoms with Gasteiger partial charge in [-0.05, 0) is 25.5 Å². The van der Waals surface area contributed by atoms with Gasteiger partial charge in [-0.15, -0.1) is 0 Å². The standard InChI is InChI=1S/C14H14N2O5S/c1-2-20-14-12-9(5-6-15-14)8-10-11(17)4-3-7-22(18,19)21-13(10)16-12/h5-6,8H,2-4,7H2,1H3. The van der Waals surface area contributed by atoms with Gasteiger partial charge in [0.15, 0.2) is 5.78 Å². The molecule has 1 aliphatic heterocycles. The lowest BCUT2D eigenvalue weighted by atomic mass is 10.1. The molecule has 0 atom stereocenters. The number of hydrogen-bond acceptors (Lipinski definition) is 7. The molecule has 0 unspecified atom stereocenters. The molecule has 3 rings (SSSR count). The molecular weight excluding hydrogens is 308 g/mol. The van der Waals surface area contributed by atoms with Crippen molar-refractivity contribution in [1.29, 1.82) is 0 Å². The molecule has 1 aliphatic rings. The minimum absolute atomic E-state index is 0.145. The van der Waals surface area contributed by atoms with Crippen LogP contribution < -0.4 is 8.92 Å². The number of fused-ring (bicyclic) bond motifs is 2. The molecule has 0 aromatic carbocycles. The van der Waals surface area contributed by atoms with Crippen molar-refractivity contribution in [2.24, 2.45) is 0 Å². The number of ketones is 1. The fourth-order valence-corrected chi connectivity index (χ4v) is 3.22. The molecule has 22 heavy (non-hydrogen) atoms. The maximum Gasteiger partial charge on any atom is 0.310 e. The summed E-state index contributed by atoms with van der Waals surface area (Å²) in [5.74, 6) is -0.318. The number of hydrogen-bond donors (Lipinski definition) is 0. The Morgan fingerprint density at radius 2 is 2.23 bits per heavy atom. The van der Waals surface area contributed by atoms with Gasteiger partial charge in [0.25, 0.3) is 0 Å². The van der Waals surface area contributed by atoms with Crippen molar-refractivity contribution in [3.05, 3.63) is 23.9 Å². The van der Waals surface area contributed by atoms with Crippen molar-refractivity contribution in [2.45, 2.75) is 19.8 Å². The summed E-state index contributed by atoms with van der Waals surface area (Å²) in [6.07, 6.45) is 1.93. The molecule has 2 aromatic heterocycles. The molecule has 3 heterocycles. The van der Waals surface area contributed by atoms with Crippen LogP contribution in [-0.4, -0.2) is 36.5 Å². The first kappa shape index (κ1) is 14.7. The van der Waals surface area contributed by atoms with E-state index in [0.717, 1.165) is 0 Å². The molecule has 0 radical (unpaired) electrons. The first-order valence-corrected chi connectivity index (χ1v) is 8.46. The number of nitrogens with zero attached hydrogens (tertiary/aromatic N) is 2. The zero-order valence-electron chi connectivity index (χ0n) is 11.9. The molecule has 0 amide bonds. The van der Waals surface area contributed by atoms with Gasteiger partial charge < -0.3 is 8.92 Å². The molecule has 0 aliphatic carbocycles. The van der Waals surface area contributed by atoms with E-state index in [1.54, 1.807) is 25.3 Å². The first-order chi connectivity index (χ1) is 10.5. The van der Waals surface area contributed by atoms with Crippen molar-refractivity contribution in [2.75, 3.05) is 12.4 Å². The van der Waals surface area contributed by atoms with Crippen molar-refractivity contribution in [1.82, 2.24) is 9.97 Å². The van der Waals surface area contributed by atoms with Gasteiger partial charge in [-0.3, -0.25) is 4.79 Å². The summed E-state index contributed by atoms with van der Waals surface area (Å²) in [5, 5.41) is 0.645. The van der Waals surface area contributed by atoms with Gasteiger partial charge in [0, 0.05) is 18.0 Å². The van der Waals surface area contributed by atoms with Gasteiger partial charge >= 0.3 is 10.1 Å². The zero-order chi connectivity index (χ0) is 15.7. The Labute approximate surface area is 127 Å². The summed E-state index contributed by atoms with van der Waals surface area (Å²) in [5.41, 5.74) is 0.538. The SMILES string of the molecule is CCOc1nccc2cc3c(nc12)OS(=O)(=O)CCCC3=O. The normalized spacial score (nSPS) is 17.2. The van der Waals surface area contributed by atoms with E-state index >= 15 is 0 Å². The maximum atomic E-state index is 12.2. The second-order valence-electron chi connectivity index (χ2n) is 4.83. The molecule has 0 bridgehead atoms. The van der Waals surface area contributed by atoms with Gasteiger partial charge in [0.1, 0.15) is 5.52 Å². The lowest BCUT2D eigenvalue weighted by Gasteiger charge is -2.15. The first-order valence-electron chi connectivity index (χ1n) is 6.88. The fraction of sp³-hybridized carbons (Fsp3) is 0.357. The van der Waals surface area contributed by atoms with Gasteiger partial charge in [-0.25, -0.2) is 9.97 Å². The molecule has 0 N–H and O–H groups in total. The number of pyridine rings is 2. The lowest BCUT2D eigenvalue weighted by Crippen LogP contribution is -2.20. The number of carbonyl (C=O) groups excluding carboxylic acids is 1. The van der Waals surface area contributed by atoms with Gasteiger partial charge in [0.2, 0.25) is 11.8 Å². The Morgan fingerprint density at radius 1 is 1.41 bits per heavy atom. The van der Waals surface area contributed by atoms with Crippen LogP contribution >= 0.6 is 0 Å². The lowest BCUT2D eigenvalue weighted by molar-refractivity contribution is 0.0978. The Balaban J connectivity index is 2.24. The van der Waals surface area contributed by atoms with Crippen LogP contribution in [-0.2, 0) is 10.1 Å². The maximum absolute atomic E-state index is 12.2. The van der Waals surface area contributed by atoms with Crippen molar-refractivity contribution in [3.63, 3.8) is 0 Å². The summed E-state index contributed by atoms with van der Waals surface area (Å²) in [7, 11) is -3.75. The highest BCUT2D eigenvalue weighted by atomic mass is 32.2. The summed E-state index contributed by atoms with van der Waals surface area (Å²) in [4.78, 5) is 20.4. The molecule has 0 spiro atoms. The number of aromatic nitrogens is 2. The smallest absolute Gasteiger partial charge is 0.310 e. The quantitative estimate of drug-likeness (QED) is 0.777. The number of carbonyl (C=O) groups is 1. The van der Waals surface area contributed by atoms with Crippen molar-refractivity contribution in [3.8, 4) is 11.8 Å². The highest BCUT2D eigenvalue weighted by Gasteiger charge is 2.25. The van der Waals surface area contributed by atoms with E-state index in [2.05, 4.69) is 9.97 Å². The molecular formula is C14H14N2O5S. The van der Waals surface area contributed by atoms with Gasteiger partial charge in [0.05, 0.1) is 17.9 Å². The van der Waals surface area contributed by atoms with Crippen LogP contribution in [0.15, 0.2) is 18.3 Å².